The van der Waals surface area contributed by atoms with Gasteiger partial charge in [0.1, 0.15) is 5.75 Å². The molecule has 0 unspecified atom stereocenters. The highest BCUT2D eigenvalue weighted by Gasteiger charge is 2.22. The molecule has 2 aromatic carbocycles. The van der Waals surface area contributed by atoms with E-state index in [-0.39, 0.29) is 6.03 Å². The average molecular weight is 480 g/mol. The van der Waals surface area contributed by atoms with Gasteiger partial charge < -0.3 is 34.5 Å². The Kier molecular flexibility index (Phi) is 7.39. The Morgan fingerprint density at radius 3 is 2.34 bits per heavy atom. The van der Waals surface area contributed by atoms with Crippen molar-refractivity contribution in [3.63, 3.8) is 0 Å². The summed E-state index contributed by atoms with van der Waals surface area (Å²) in [5.74, 6) is 2.81. The molecule has 0 bridgehead atoms. The van der Waals surface area contributed by atoms with Crippen molar-refractivity contribution in [3.8, 4) is 23.0 Å². The lowest BCUT2D eigenvalue weighted by atomic mass is 10.1. The van der Waals surface area contributed by atoms with Gasteiger partial charge in [-0.25, -0.2) is 14.8 Å². The number of benzene rings is 2. The Hall–Kier alpha value is -4.21. The van der Waals surface area contributed by atoms with Crippen LogP contribution in [0.3, 0.4) is 0 Å². The predicted octanol–water partition coefficient (Wildman–Crippen LogP) is 3.52. The molecule has 2 N–H and O–H groups in total. The molecule has 3 aromatic rings. The highest BCUT2D eigenvalue weighted by molar-refractivity contribution is 5.74. The summed E-state index contributed by atoms with van der Waals surface area (Å²) in [6.07, 6.45) is 2.39. The minimum atomic E-state index is -0.119. The van der Waals surface area contributed by atoms with Crippen LogP contribution in [0.4, 0.5) is 16.4 Å². The quantitative estimate of drug-likeness (QED) is 0.505. The van der Waals surface area contributed by atoms with Crippen molar-refractivity contribution < 1.29 is 23.7 Å². The van der Waals surface area contributed by atoms with E-state index in [9.17, 15) is 4.79 Å². The molecule has 2 amide bonds. The molecule has 0 fully saturated rings. The van der Waals surface area contributed by atoms with Crippen molar-refractivity contribution in [3.05, 3.63) is 59.4 Å². The predicted molar refractivity (Wildman–Crippen MR) is 131 cm³/mol. The number of nitrogens with zero attached hydrogens (tertiary/aromatic N) is 3. The molecule has 1 aromatic heterocycles. The fourth-order valence-electron chi connectivity index (χ4n) is 3.86. The minimum absolute atomic E-state index is 0.119. The maximum absolute atomic E-state index is 12.7. The third-order valence-electron chi connectivity index (χ3n) is 5.74. The van der Waals surface area contributed by atoms with Gasteiger partial charge in [-0.1, -0.05) is 12.1 Å². The van der Waals surface area contributed by atoms with E-state index in [1.54, 1.807) is 51.7 Å². The van der Waals surface area contributed by atoms with Crippen LogP contribution in [0.1, 0.15) is 16.8 Å². The van der Waals surface area contributed by atoms with Crippen molar-refractivity contribution in [2.24, 2.45) is 0 Å². The van der Waals surface area contributed by atoms with E-state index in [0.717, 1.165) is 22.6 Å². The fraction of sp³-hybridized carbons (Fsp3) is 0.320. The number of carbonyl (C=O) groups excluding carboxylic acids is 1. The van der Waals surface area contributed by atoms with Gasteiger partial charge in [0.2, 0.25) is 11.7 Å². The number of hydrogen-bond acceptors (Lipinski definition) is 8. The summed E-state index contributed by atoms with van der Waals surface area (Å²) >= 11 is 0. The molecule has 10 heteroatoms. The molecule has 35 heavy (non-hydrogen) atoms. The summed E-state index contributed by atoms with van der Waals surface area (Å²) in [5, 5.41) is 6.17. The lowest BCUT2D eigenvalue weighted by Gasteiger charge is -2.28. The molecular formula is C25H29N5O5. The SMILES string of the molecule is COc1ccc(CNC(=O)N2CCc3nc(Nc4cc(OC)c(OC)c(OC)c4)ncc3C2)cc1. The molecule has 0 saturated heterocycles. The maximum Gasteiger partial charge on any atom is 0.317 e. The average Bonchev–Trinajstić information content (AvgIpc) is 2.91. The van der Waals surface area contributed by atoms with Gasteiger partial charge in [-0.3, -0.25) is 0 Å². The van der Waals surface area contributed by atoms with Gasteiger partial charge in [-0.15, -0.1) is 0 Å². The second kappa shape index (κ2) is 10.8. The van der Waals surface area contributed by atoms with E-state index in [1.165, 1.54) is 0 Å². The molecule has 1 aliphatic rings. The number of fused-ring (bicyclic) bond motifs is 1. The first-order chi connectivity index (χ1) is 17.0. The number of rotatable bonds is 8. The summed E-state index contributed by atoms with van der Waals surface area (Å²) in [7, 11) is 6.31. The van der Waals surface area contributed by atoms with Crippen LogP contribution in [-0.4, -0.2) is 55.9 Å². The summed E-state index contributed by atoms with van der Waals surface area (Å²) < 4.78 is 21.3. The molecule has 10 nitrogen and oxygen atoms in total. The van der Waals surface area contributed by atoms with Crippen molar-refractivity contribution >= 4 is 17.7 Å². The Bertz CT molecular complexity index is 1160. The van der Waals surface area contributed by atoms with Gasteiger partial charge in [0.25, 0.3) is 0 Å². The molecule has 184 valence electrons. The maximum atomic E-state index is 12.7. The van der Waals surface area contributed by atoms with E-state index in [4.69, 9.17) is 18.9 Å². The number of ether oxygens (including phenoxy) is 4. The number of aromatic nitrogens is 2. The smallest absolute Gasteiger partial charge is 0.317 e. The minimum Gasteiger partial charge on any atom is -0.497 e. The van der Waals surface area contributed by atoms with Crippen molar-refractivity contribution in [2.45, 2.75) is 19.5 Å². The summed E-state index contributed by atoms with van der Waals surface area (Å²) in [6, 6.07) is 11.1. The van der Waals surface area contributed by atoms with Crippen molar-refractivity contribution in [1.82, 2.24) is 20.2 Å². The molecule has 4 rings (SSSR count). The zero-order valence-corrected chi connectivity index (χ0v) is 20.3. The van der Waals surface area contributed by atoms with E-state index < -0.39 is 0 Å². The number of nitrogens with one attached hydrogen (secondary N) is 2. The standard InChI is InChI=1S/C25H29N5O5/c1-32-19-7-5-16(6-8-19)13-27-25(31)30-10-9-20-17(15-30)14-26-24(29-20)28-18-11-21(33-2)23(35-4)22(12-18)34-3/h5-8,11-12,14H,9-10,13,15H2,1-4H3,(H,27,31)(H,26,28,29). The first-order valence-electron chi connectivity index (χ1n) is 11.1. The third-order valence-corrected chi connectivity index (χ3v) is 5.74. The number of methoxy groups -OCH3 is 4. The highest BCUT2D eigenvalue weighted by atomic mass is 16.5. The second-order valence-electron chi connectivity index (χ2n) is 7.88. The Morgan fingerprint density at radius 2 is 1.71 bits per heavy atom. The van der Waals surface area contributed by atoms with Crippen LogP contribution >= 0.6 is 0 Å². The number of hydrogen-bond donors (Lipinski definition) is 2. The first kappa shape index (κ1) is 23.9. The van der Waals surface area contributed by atoms with Crippen LogP contribution in [0.2, 0.25) is 0 Å². The Morgan fingerprint density at radius 1 is 1.00 bits per heavy atom. The van der Waals surface area contributed by atoms with Gasteiger partial charge in [-0.05, 0) is 17.7 Å². The summed E-state index contributed by atoms with van der Waals surface area (Å²) in [6.45, 7) is 1.47. The molecular weight excluding hydrogens is 450 g/mol. The zero-order chi connectivity index (χ0) is 24.8. The van der Waals surface area contributed by atoms with Gasteiger partial charge >= 0.3 is 6.03 Å². The monoisotopic (exact) mass is 479 g/mol. The third kappa shape index (κ3) is 5.48. The molecule has 0 radical (unpaired) electrons. The van der Waals surface area contributed by atoms with Crippen molar-refractivity contribution in [1.29, 1.82) is 0 Å². The van der Waals surface area contributed by atoms with Crippen LogP contribution in [0.15, 0.2) is 42.6 Å². The lowest BCUT2D eigenvalue weighted by molar-refractivity contribution is 0.191. The van der Waals surface area contributed by atoms with E-state index in [1.807, 2.05) is 24.3 Å². The fourth-order valence-corrected chi connectivity index (χ4v) is 3.86. The van der Waals surface area contributed by atoms with E-state index in [0.29, 0.717) is 54.9 Å². The molecule has 0 atom stereocenters. The molecule has 1 aliphatic heterocycles. The van der Waals surface area contributed by atoms with Crippen molar-refractivity contribution in [2.75, 3.05) is 40.3 Å². The van der Waals surface area contributed by atoms with Gasteiger partial charge in [0, 0.05) is 49.1 Å². The normalized spacial score (nSPS) is 12.4. The first-order valence-corrected chi connectivity index (χ1v) is 11.1. The second-order valence-corrected chi connectivity index (χ2v) is 7.88. The molecule has 0 spiro atoms. The largest absolute Gasteiger partial charge is 0.497 e. The highest BCUT2D eigenvalue weighted by Crippen LogP contribution is 2.40. The topological polar surface area (TPSA) is 107 Å². The Balaban J connectivity index is 1.39. The van der Waals surface area contributed by atoms with Gasteiger partial charge in [0.05, 0.1) is 40.7 Å². The van der Waals surface area contributed by atoms with E-state index >= 15 is 0 Å². The number of anilines is 2. The van der Waals surface area contributed by atoms with Crippen LogP contribution in [0.25, 0.3) is 0 Å². The van der Waals surface area contributed by atoms with Crippen LogP contribution in [0, 0.1) is 0 Å². The van der Waals surface area contributed by atoms with Crippen LogP contribution in [-0.2, 0) is 19.5 Å². The lowest BCUT2D eigenvalue weighted by Crippen LogP contribution is -2.42. The zero-order valence-electron chi connectivity index (χ0n) is 20.3. The summed E-state index contributed by atoms with van der Waals surface area (Å²) in [4.78, 5) is 23.6. The number of amides is 2. The van der Waals surface area contributed by atoms with Crippen LogP contribution < -0.4 is 29.6 Å². The van der Waals surface area contributed by atoms with E-state index in [2.05, 4.69) is 20.6 Å². The number of urea groups is 1. The molecule has 0 saturated carbocycles. The van der Waals surface area contributed by atoms with Gasteiger partial charge in [-0.2, -0.15) is 0 Å². The molecule has 0 aliphatic carbocycles. The number of carbonyl (C=O) groups is 1. The Labute approximate surface area is 204 Å². The van der Waals surface area contributed by atoms with Crippen LogP contribution in [0.5, 0.6) is 23.0 Å². The van der Waals surface area contributed by atoms with Gasteiger partial charge in [0.15, 0.2) is 11.5 Å². The molecule has 2 heterocycles. The summed E-state index contributed by atoms with van der Waals surface area (Å²) in [5.41, 5.74) is 3.54.